The van der Waals surface area contributed by atoms with Crippen molar-refractivity contribution in [1.29, 1.82) is 0 Å². The van der Waals surface area contributed by atoms with Crippen LogP contribution in [0.15, 0.2) is 12.5 Å². The maximum Gasteiger partial charge on any atom is 0.305 e. The quantitative estimate of drug-likeness (QED) is 0.807. The lowest BCUT2D eigenvalue weighted by atomic mass is 10.1. The minimum atomic E-state index is -0.782. The van der Waals surface area contributed by atoms with Gasteiger partial charge in [-0.25, -0.2) is 4.98 Å². The van der Waals surface area contributed by atoms with Crippen LogP contribution in [0.2, 0.25) is 0 Å². The van der Waals surface area contributed by atoms with E-state index in [4.69, 9.17) is 9.84 Å². The summed E-state index contributed by atoms with van der Waals surface area (Å²) in [5.41, 5.74) is 1.09. The number of rotatable bonds is 4. The third-order valence-electron chi connectivity index (χ3n) is 3.04. The summed E-state index contributed by atoms with van der Waals surface area (Å²) in [5, 5.41) is 8.86. The van der Waals surface area contributed by atoms with Gasteiger partial charge in [0.1, 0.15) is 0 Å². The number of nitrogens with zero attached hydrogens (tertiary/aromatic N) is 3. The van der Waals surface area contributed by atoms with Crippen LogP contribution in [-0.4, -0.2) is 51.3 Å². The van der Waals surface area contributed by atoms with Gasteiger partial charge in [-0.15, -0.1) is 0 Å². The summed E-state index contributed by atoms with van der Waals surface area (Å²) in [7, 11) is 1.94. The molecular formula is C11H17N3O3. The number of hydrogen-bond acceptors (Lipinski definition) is 4. The third-order valence-corrected chi connectivity index (χ3v) is 3.04. The molecule has 6 heteroatoms. The zero-order valence-electron chi connectivity index (χ0n) is 9.87. The van der Waals surface area contributed by atoms with Gasteiger partial charge in [-0.05, 0) is 0 Å². The Bertz CT molecular complexity index is 391. The molecule has 0 aromatic carbocycles. The van der Waals surface area contributed by atoms with Crippen LogP contribution in [0.5, 0.6) is 0 Å². The molecule has 2 rings (SSSR count). The zero-order chi connectivity index (χ0) is 12.3. The Kier molecular flexibility index (Phi) is 3.75. The summed E-state index contributed by atoms with van der Waals surface area (Å²) >= 11 is 0. The van der Waals surface area contributed by atoms with Crippen molar-refractivity contribution >= 4 is 5.97 Å². The summed E-state index contributed by atoms with van der Waals surface area (Å²) < 4.78 is 7.29. The first-order valence-electron chi connectivity index (χ1n) is 5.65. The van der Waals surface area contributed by atoms with E-state index in [1.54, 1.807) is 6.33 Å². The largest absolute Gasteiger partial charge is 0.481 e. The fraction of sp³-hybridized carbons (Fsp3) is 0.636. The second-order valence-corrected chi connectivity index (χ2v) is 4.29. The molecule has 6 nitrogen and oxygen atoms in total. The number of aryl methyl sites for hydroxylation is 1. The Morgan fingerprint density at radius 2 is 2.53 bits per heavy atom. The van der Waals surface area contributed by atoms with Crippen LogP contribution < -0.4 is 0 Å². The van der Waals surface area contributed by atoms with Crippen molar-refractivity contribution < 1.29 is 14.6 Å². The van der Waals surface area contributed by atoms with Crippen molar-refractivity contribution in [2.24, 2.45) is 7.05 Å². The molecule has 0 amide bonds. The first-order chi connectivity index (χ1) is 8.16. The topological polar surface area (TPSA) is 67.6 Å². The maximum absolute atomic E-state index is 10.8. The van der Waals surface area contributed by atoms with E-state index in [-0.39, 0.29) is 12.5 Å². The lowest BCUT2D eigenvalue weighted by Crippen LogP contribution is -2.46. The molecule has 1 aliphatic heterocycles. The molecule has 1 fully saturated rings. The second kappa shape index (κ2) is 5.29. The highest BCUT2D eigenvalue weighted by Crippen LogP contribution is 2.14. The Balaban J connectivity index is 2.01. The molecule has 0 bridgehead atoms. The fourth-order valence-electron chi connectivity index (χ4n) is 2.03. The van der Waals surface area contributed by atoms with Crippen molar-refractivity contribution in [2.45, 2.75) is 19.0 Å². The Hall–Kier alpha value is -1.40. The van der Waals surface area contributed by atoms with Gasteiger partial charge in [0.05, 0.1) is 31.7 Å². The molecule has 17 heavy (non-hydrogen) atoms. The molecule has 0 spiro atoms. The zero-order valence-corrected chi connectivity index (χ0v) is 9.87. The van der Waals surface area contributed by atoms with Gasteiger partial charge in [0.2, 0.25) is 0 Å². The molecule has 0 radical (unpaired) electrons. The van der Waals surface area contributed by atoms with Gasteiger partial charge in [0.15, 0.2) is 0 Å². The number of imidazole rings is 1. The summed E-state index contributed by atoms with van der Waals surface area (Å²) in [6.45, 7) is 2.64. The summed E-state index contributed by atoms with van der Waals surface area (Å²) in [6.07, 6.45) is 3.69. The third kappa shape index (κ3) is 3.04. The lowest BCUT2D eigenvalue weighted by Gasteiger charge is -2.34. The van der Waals surface area contributed by atoms with E-state index >= 15 is 0 Å². The van der Waals surface area contributed by atoms with Crippen molar-refractivity contribution in [3.05, 3.63) is 18.2 Å². The van der Waals surface area contributed by atoms with Gasteiger partial charge < -0.3 is 14.4 Å². The van der Waals surface area contributed by atoms with Gasteiger partial charge in [-0.2, -0.15) is 0 Å². The standard InChI is InChI=1S/C11H17N3O3/c1-13-8-12-5-10(13)6-14-2-3-17-7-9(14)4-11(15)16/h5,8-9H,2-4,6-7H2,1H3,(H,15,16). The van der Waals surface area contributed by atoms with Crippen LogP contribution in [-0.2, 0) is 23.1 Å². The Morgan fingerprint density at radius 1 is 1.71 bits per heavy atom. The molecular weight excluding hydrogens is 222 g/mol. The van der Waals surface area contributed by atoms with E-state index in [0.29, 0.717) is 13.2 Å². The number of aromatic nitrogens is 2. The van der Waals surface area contributed by atoms with Crippen molar-refractivity contribution in [3.8, 4) is 0 Å². The highest BCUT2D eigenvalue weighted by atomic mass is 16.5. The molecule has 1 unspecified atom stereocenters. The number of morpholine rings is 1. The highest BCUT2D eigenvalue weighted by molar-refractivity contribution is 5.67. The predicted octanol–water partition coefficient (Wildman–Crippen LogP) is 0.0956. The predicted molar refractivity (Wildman–Crippen MR) is 60.5 cm³/mol. The number of hydrogen-bond donors (Lipinski definition) is 1. The van der Waals surface area contributed by atoms with Crippen molar-refractivity contribution in [1.82, 2.24) is 14.5 Å². The smallest absolute Gasteiger partial charge is 0.305 e. The monoisotopic (exact) mass is 239 g/mol. The van der Waals surface area contributed by atoms with Crippen molar-refractivity contribution in [3.63, 3.8) is 0 Å². The number of ether oxygens (including phenoxy) is 1. The van der Waals surface area contributed by atoms with E-state index in [1.165, 1.54) is 0 Å². The molecule has 1 saturated heterocycles. The summed E-state index contributed by atoms with van der Waals surface area (Å²) in [5.74, 6) is -0.782. The van der Waals surface area contributed by atoms with Crippen LogP contribution >= 0.6 is 0 Å². The molecule has 2 heterocycles. The van der Waals surface area contributed by atoms with E-state index in [1.807, 2.05) is 17.8 Å². The van der Waals surface area contributed by atoms with E-state index in [2.05, 4.69) is 9.88 Å². The van der Waals surface area contributed by atoms with Crippen molar-refractivity contribution in [2.75, 3.05) is 19.8 Å². The summed E-state index contributed by atoms with van der Waals surface area (Å²) in [4.78, 5) is 17.0. The van der Waals surface area contributed by atoms with E-state index in [9.17, 15) is 4.79 Å². The molecule has 1 aromatic rings. The average Bonchev–Trinajstić information content (AvgIpc) is 2.67. The number of carboxylic acids is 1. The first-order valence-corrected chi connectivity index (χ1v) is 5.65. The lowest BCUT2D eigenvalue weighted by molar-refractivity contribution is -0.140. The molecule has 1 aromatic heterocycles. The minimum absolute atomic E-state index is 0.0452. The number of carboxylic acid groups (broad SMARTS) is 1. The van der Waals surface area contributed by atoms with Gasteiger partial charge in [0.25, 0.3) is 0 Å². The molecule has 0 saturated carbocycles. The molecule has 0 aliphatic carbocycles. The SMILES string of the molecule is Cn1cncc1CN1CCOCC1CC(=O)O. The normalized spacial score (nSPS) is 21.6. The first kappa shape index (κ1) is 12.1. The van der Waals surface area contributed by atoms with E-state index in [0.717, 1.165) is 18.8 Å². The molecule has 1 N–H and O–H groups in total. The van der Waals surface area contributed by atoms with Gasteiger partial charge in [-0.1, -0.05) is 0 Å². The van der Waals surface area contributed by atoms with Crippen LogP contribution in [0.3, 0.4) is 0 Å². The molecule has 94 valence electrons. The number of aliphatic carboxylic acids is 1. The molecule has 1 aliphatic rings. The fourth-order valence-corrected chi connectivity index (χ4v) is 2.03. The van der Waals surface area contributed by atoms with Gasteiger partial charge in [0, 0.05) is 32.4 Å². The summed E-state index contributed by atoms with van der Waals surface area (Å²) in [6, 6.07) is -0.0452. The Labute approximate surface area is 99.8 Å². The second-order valence-electron chi connectivity index (χ2n) is 4.29. The van der Waals surface area contributed by atoms with Crippen LogP contribution in [0.25, 0.3) is 0 Å². The van der Waals surface area contributed by atoms with Crippen LogP contribution in [0.1, 0.15) is 12.1 Å². The van der Waals surface area contributed by atoms with Crippen LogP contribution in [0.4, 0.5) is 0 Å². The molecule has 1 atom stereocenters. The van der Waals surface area contributed by atoms with Crippen LogP contribution in [0, 0.1) is 0 Å². The maximum atomic E-state index is 10.8. The number of carbonyl (C=O) groups is 1. The van der Waals surface area contributed by atoms with Gasteiger partial charge >= 0.3 is 5.97 Å². The van der Waals surface area contributed by atoms with E-state index < -0.39 is 5.97 Å². The minimum Gasteiger partial charge on any atom is -0.481 e. The van der Waals surface area contributed by atoms with Gasteiger partial charge in [-0.3, -0.25) is 9.69 Å². The highest BCUT2D eigenvalue weighted by Gasteiger charge is 2.25. The Morgan fingerprint density at radius 3 is 3.18 bits per heavy atom. The average molecular weight is 239 g/mol.